The number of hydrogen-bond donors (Lipinski definition) is 2. The summed E-state index contributed by atoms with van der Waals surface area (Å²) in [6.45, 7) is 7.41. The molecule has 9 heteroatoms. The minimum atomic E-state index is -0.475. The summed E-state index contributed by atoms with van der Waals surface area (Å²) < 4.78 is 12.5. The fourth-order valence-electron chi connectivity index (χ4n) is 9.06. The Morgan fingerprint density at radius 1 is 0.839 bits per heavy atom. The van der Waals surface area contributed by atoms with Crippen molar-refractivity contribution in [1.82, 2.24) is 20.1 Å². The predicted octanol–water partition coefficient (Wildman–Crippen LogP) is 7.60. The number of piperidine rings is 1. The number of carbonyl (C=O) groups is 2. The van der Waals surface area contributed by atoms with E-state index in [-0.39, 0.29) is 23.8 Å². The van der Waals surface area contributed by atoms with E-state index < -0.39 is 6.04 Å². The van der Waals surface area contributed by atoms with Crippen LogP contribution in [0.15, 0.2) is 122 Å². The van der Waals surface area contributed by atoms with Gasteiger partial charge in [0.25, 0.3) is 5.91 Å². The van der Waals surface area contributed by atoms with E-state index in [1.54, 1.807) is 4.90 Å². The number of carbonyl (C=O) groups excluding carboxylic acids is 2. The normalized spacial score (nSPS) is 22.1. The first kappa shape index (κ1) is 35.8. The van der Waals surface area contributed by atoms with Crippen LogP contribution in [-0.4, -0.2) is 70.1 Å². The Hall–Kier alpha value is -5.93. The van der Waals surface area contributed by atoms with Gasteiger partial charge in [0.15, 0.2) is 0 Å². The lowest BCUT2D eigenvalue weighted by molar-refractivity contribution is -0.126. The zero-order chi connectivity index (χ0) is 38.2. The highest BCUT2D eigenvalue weighted by Gasteiger charge is 2.38. The number of phenols is 1. The number of amides is 2. The van der Waals surface area contributed by atoms with Gasteiger partial charge < -0.3 is 24.8 Å². The molecule has 4 aromatic carbocycles. The van der Waals surface area contributed by atoms with Crippen molar-refractivity contribution in [2.24, 2.45) is 0 Å². The molecule has 3 aliphatic heterocycles. The second-order valence-electron chi connectivity index (χ2n) is 15.5. The first-order valence-corrected chi connectivity index (χ1v) is 19.7. The zero-order valence-corrected chi connectivity index (χ0v) is 31.4. The van der Waals surface area contributed by atoms with Crippen LogP contribution < -0.4 is 14.8 Å². The third-order valence-electron chi connectivity index (χ3n) is 12.0. The summed E-state index contributed by atoms with van der Waals surface area (Å²) in [5.41, 5.74) is 9.30. The number of hydrogen-bond acceptors (Lipinski definition) is 7. The van der Waals surface area contributed by atoms with Crippen molar-refractivity contribution >= 4 is 11.8 Å². The van der Waals surface area contributed by atoms with Crippen LogP contribution in [0, 0.1) is 0 Å². The van der Waals surface area contributed by atoms with Crippen LogP contribution in [-0.2, 0) is 17.8 Å². The standard InChI is InChI=1S/C47H46N4O5/c1-30-7-19-43(46(53)49-30)51-28-36-25-33(10-17-42(36)47(51)54)35-12-20-44(48-27-35)56-39-21-22-50(29-39)23-24-55-38-14-8-32(9-15-38)45-40(31-5-3-2-4-6-31)16-11-34-26-37(52)13-18-41(34)45/h2-6,8-10,12-15,17-18,20,25-27,39-40,43,45,52H,1,7,11,16,19,21-24,28-29H2,(H,49,53)/t39-,40+,43?,45-/m1/s1. The van der Waals surface area contributed by atoms with Crippen LogP contribution >= 0.6 is 0 Å². The van der Waals surface area contributed by atoms with E-state index in [2.05, 4.69) is 82.4 Å². The number of ether oxygens (including phenoxy) is 2. The lowest BCUT2D eigenvalue weighted by Crippen LogP contribution is -2.49. The summed E-state index contributed by atoms with van der Waals surface area (Å²) >= 11 is 0. The molecular weight excluding hydrogens is 701 g/mol. The number of phenolic OH excluding ortho intramolecular Hbond substituents is 1. The summed E-state index contributed by atoms with van der Waals surface area (Å²) in [7, 11) is 0. The minimum Gasteiger partial charge on any atom is -0.508 e. The molecule has 2 amide bonds. The molecule has 2 fully saturated rings. The molecule has 5 aromatic rings. The average Bonchev–Trinajstić information content (AvgIpc) is 3.81. The molecule has 4 atom stereocenters. The predicted molar refractivity (Wildman–Crippen MR) is 215 cm³/mol. The highest BCUT2D eigenvalue weighted by Crippen LogP contribution is 2.47. The van der Waals surface area contributed by atoms with E-state index in [9.17, 15) is 14.7 Å². The maximum atomic E-state index is 13.2. The van der Waals surface area contributed by atoms with Crippen molar-refractivity contribution in [2.75, 3.05) is 26.2 Å². The fourth-order valence-corrected chi connectivity index (χ4v) is 9.06. The quantitative estimate of drug-likeness (QED) is 0.152. The molecule has 0 saturated carbocycles. The molecule has 56 heavy (non-hydrogen) atoms. The Morgan fingerprint density at radius 3 is 2.48 bits per heavy atom. The van der Waals surface area contributed by atoms with E-state index in [0.29, 0.717) is 54.8 Å². The van der Waals surface area contributed by atoms with Gasteiger partial charge in [-0.05, 0) is 114 Å². The summed E-state index contributed by atoms with van der Waals surface area (Å²) in [6.07, 6.45) is 6.04. The third-order valence-corrected chi connectivity index (χ3v) is 12.0. The van der Waals surface area contributed by atoms with Gasteiger partial charge >= 0.3 is 0 Å². The lowest BCUT2D eigenvalue weighted by atomic mass is 9.69. The van der Waals surface area contributed by atoms with Crippen LogP contribution in [0.2, 0.25) is 0 Å². The average molecular weight is 747 g/mol. The number of rotatable bonds is 10. The molecule has 0 spiro atoms. The Balaban J connectivity index is 0.768. The number of benzene rings is 4. The Bertz CT molecular complexity index is 2260. The number of nitrogens with zero attached hydrogens (tertiary/aromatic N) is 3. The maximum Gasteiger partial charge on any atom is 0.255 e. The molecule has 9 nitrogen and oxygen atoms in total. The van der Waals surface area contributed by atoms with Crippen LogP contribution in [0.25, 0.3) is 11.1 Å². The molecule has 0 bridgehead atoms. The number of nitrogens with one attached hydrogen (secondary N) is 1. The molecule has 9 rings (SSSR count). The van der Waals surface area contributed by atoms with Crippen LogP contribution in [0.1, 0.15) is 75.7 Å². The van der Waals surface area contributed by atoms with E-state index in [1.165, 1.54) is 22.3 Å². The second kappa shape index (κ2) is 15.3. The number of allylic oxidation sites excluding steroid dienone is 1. The lowest BCUT2D eigenvalue weighted by Gasteiger charge is -2.35. The van der Waals surface area contributed by atoms with Gasteiger partial charge in [0.05, 0.1) is 0 Å². The number of pyridine rings is 1. The topological polar surface area (TPSA) is 104 Å². The molecule has 4 heterocycles. The van der Waals surface area contributed by atoms with E-state index >= 15 is 0 Å². The van der Waals surface area contributed by atoms with Crippen molar-refractivity contribution < 1.29 is 24.2 Å². The SMILES string of the molecule is C=C1CCC(N2Cc3cc(-c4ccc(O[C@@H]5CCN(CCOc6ccc([C@H]7c8ccc(O)cc8CC[C@H]7c7ccccc7)cc6)C5)nc4)ccc3C2=O)C(=O)N1. The largest absolute Gasteiger partial charge is 0.508 e. The van der Waals surface area contributed by atoms with Gasteiger partial charge in [-0.15, -0.1) is 0 Å². The number of likely N-dealkylation sites (tertiary alicyclic amines) is 1. The van der Waals surface area contributed by atoms with Gasteiger partial charge in [-0.3, -0.25) is 14.5 Å². The van der Waals surface area contributed by atoms with E-state index in [1.807, 2.05) is 48.7 Å². The van der Waals surface area contributed by atoms with Gasteiger partial charge in [-0.1, -0.05) is 61.2 Å². The molecule has 1 aromatic heterocycles. The number of fused-ring (bicyclic) bond motifs is 2. The van der Waals surface area contributed by atoms with Crippen LogP contribution in [0.5, 0.6) is 17.4 Å². The highest BCUT2D eigenvalue weighted by molar-refractivity contribution is 6.02. The maximum absolute atomic E-state index is 13.2. The Labute approximate surface area is 327 Å². The first-order chi connectivity index (χ1) is 27.4. The van der Waals surface area contributed by atoms with Gasteiger partial charge in [-0.2, -0.15) is 0 Å². The van der Waals surface area contributed by atoms with Gasteiger partial charge in [0.2, 0.25) is 11.8 Å². The molecule has 1 aliphatic carbocycles. The highest BCUT2D eigenvalue weighted by atomic mass is 16.5. The number of aromatic nitrogens is 1. The summed E-state index contributed by atoms with van der Waals surface area (Å²) in [4.78, 5) is 34.4. The van der Waals surface area contributed by atoms with Crippen LogP contribution in [0.4, 0.5) is 0 Å². The molecule has 2 saturated heterocycles. The van der Waals surface area contributed by atoms with Crippen LogP contribution in [0.3, 0.4) is 0 Å². The molecule has 2 N–H and O–H groups in total. The fraction of sp³-hybridized carbons (Fsp3) is 0.298. The molecule has 4 aliphatic rings. The van der Waals surface area contributed by atoms with Gasteiger partial charge in [0, 0.05) is 61.2 Å². The summed E-state index contributed by atoms with van der Waals surface area (Å²) in [5, 5.41) is 13.0. The minimum absolute atomic E-state index is 0.0524. The molecular formula is C47H46N4O5. The number of aromatic hydroxyl groups is 1. The third kappa shape index (κ3) is 7.27. The van der Waals surface area contributed by atoms with E-state index in [4.69, 9.17) is 9.47 Å². The van der Waals surface area contributed by atoms with Gasteiger partial charge in [0.1, 0.15) is 30.3 Å². The second-order valence-corrected chi connectivity index (χ2v) is 15.5. The molecule has 0 radical (unpaired) electrons. The monoisotopic (exact) mass is 746 g/mol. The smallest absolute Gasteiger partial charge is 0.255 e. The summed E-state index contributed by atoms with van der Waals surface area (Å²) in [5.74, 6) is 2.09. The first-order valence-electron chi connectivity index (χ1n) is 19.7. The zero-order valence-electron chi connectivity index (χ0n) is 31.4. The van der Waals surface area contributed by atoms with Crippen molar-refractivity contribution in [3.8, 4) is 28.5 Å². The van der Waals surface area contributed by atoms with E-state index in [0.717, 1.165) is 61.3 Å². The molecule has 284 valence electrons. The van der Waals surface area contributed by atoms with Crippen molar-refractivity contribution in [3.05, 3.63) is 155 Å². The summed E-state index contributed by atoms with van der Waals surface area (Å²) in [6, 6.07) is 34.4. The number of aryl methyl sites for hydroxylation is 1. The Kier molecular flexibility index (Phi) is 9.77. The van der Waals surface area contributed by atoms with Crippen molar-refractivity contribution in [3.63, 3.8) is 0 Å². The Morgan fingerprint density at radius 2 is 1.68 bits per heavy atom. The van der Waals surface area contributed by atoms with Gasteiger partial charge in [-0.25, -0.2) is 4.98 Å². The van der Waals surface area contributed by atoms with Crippen molar-refractivity contribution in [2.45, 2.75) is 62.6 Å². The van der Waals surface area contributed by atoms with Crippen molar-refractivity contribution in [1.29, 1.82) is 0 Å². The molecule has 1 unspecified atom stereocenters.